The summed E-state index contributed by atoms with van der Waals surface area (Å²) >= 11 is 5.55. The van der Waals surface area contributed by atoms with E-state index in [1.54, 1.807) is 11.0 Å². The summed E-state index contributed by atoms with van der Waals surface area (Å²) in [7, 11) is 0. The van der Waals surface area contributed by atoms with Gasteiger partial charge in [-0.05, 0) is 40.4 Å². The predicted molar refractivity (Wildman–Crippen MR) is 186 cm³/mol. The van der Waals surface area contributed by atoms with Crippen molar-refractivity contribution in [1.82, 2.24) is 10.2 Å². The van der Waals surface area contributed by atoms with Crippen LogP contribution in [0.25, 0.3) is 0 Å². The Hall–Kier alpha value is -4.58. The highest BCUT2D eigenvalue weighted by atomic mass is 32.1. The SMILES string of the molecule is CC(=O)N/C=C\C(=S)CCC1CC(=O)N1C(C(=O)OCc1ccccc1)=P(c1ccccc1)(c1ccccc1)c1ccccc1. The fraction of sp³-hybridized carbons (Fsp3) is 0.162. The molecule has 1 heterocycles. The molecule has 0 bridgehead atoms. The van der Waals surface area contributed by atoms with Crippen LogP contribution >= 0.6 is 19.1 Å². The van der Waals surface area contributed by atoms with E-state index in [4.69, 9.17) is 17.0 Å². The number of benzene rings is 4. The van der Waals surface area contributed by atoms with E-state index in [2.05, 4.69) is 5.32 Å². The number of carbonyl (C=O) groups excluding carboxylic acids is 3. The number of amides is 2. The standard InChI is InChI=1S/C37H35N2O4PS/c1-28(40)38-25-24-34(45)23-22-30-26-35(41)39(30)36(37(42)43-27-29-14-6-2-7-15-29)44(31-16-8-3-9-17-31,32-18-10-4-11-19-32)33-20-12-5-13-21-33/h2-21,24-25,30H,22-23,26-27H2,1H3,(H,38,40)/b25-24-. The fourth-order valence-electron chi connectivity index (χ4n) is 5.60. The van der Waals surface area contributed by atoms with Crippen LogP contribution in [0.2, 0.25) is 0 Å². The van der Waals surface area contributed by atoms with Crippen LogP contribution in [-0.4, -0.2) is 39.0 Å². The molecule has 1 saturated heterocycles. The molecule has 0 radical (unpaired) electrons. The van der Waals surface area contributed by atoms with Crippen LogP contribution in [-0.2, 0) is 25.7 Å². The van der Waals surface area contributed by atoms with Crippen molar-refractivity contribution in [2.75, 3.05) is 0 Å². The van der Waals surface area contributed by atoms with E-state index >= 15 is 0 Å². The lowest BCUT2D eigenvalue weighted by molar-refractivity contribution is -0.145. The monoisotopic (exact) mass is 634 g/mol. The minimum atomic E-state index is -2.96. The van der Waals surface area contributed by atoms with Crippen molar-refractivity contribution in [3.8, 4) is 0 Å². The molecule has 0 aromatic heterocycles. The molecule has 4 aromatic rings. The molecule has 0 aliphatic carbocycles. The third kappa shape index (κ3) is 7.22. The maximum absolute atomic E-state index is 14.6. The Morgan fingerprint density at radius 2 is 1.33 bits per heavy atom. The molecule has 1 unspecified atom stereocenters. The minimum absolute atomic E-state index is 0.0757. The number of hydrogen-bond donors (Lipinski definition) is 1. The Morgan fingerprint density at radius 3 is 1.80 bits per heavy atom. The summed E-state index contributed by atoms with van der Waals surface area (Å²) in [4.78, 5) is 42.0. The van der Waals surface area contributed by atoms with E-state index in [9.17, 15) is 14.4 Å². The molecule has 0 spiro atoms. The van der Waals surface area contributed by atoms with Gasteiger partial charge in [-0.3, -0.25) is 9.59 Å². The Bertz CT molecular complexity index is 1640. The molecular weight excluding hydrogens is 599 g/mol. The second-order valence-corrected chi connectivity index (χ2v) is 14.6. The van der Waals surface area contributed by atoms with E-state index in [1.165, 1.54) is 13.1 Å². The van der Waals surface area contributed by atoms with E-state index in [1.807, 2.05) is 121 Å². The molecule has 1 aliphatic heterocycles. The topological polar surface area (TPSA) is 75.7 Å². The number of nitrogens with one attached hydrogen (secondary N) is 1. The minimum Gasteiger partial charge on any atom is -0.456 e. The zero-order valence-corrected chi connectivity index (χ0v) is 26.8. The number of ether oxygens (including phenoxy) is 1. The van der Waals surface area contributed by atoms with Crippen LogP contribution in [0, 0.1) is 0 Å². The molecule has 45 heavy (non-hydrogen) atoms. The van der Waals surface area contributed by atoms with Crippen LogP contribution < -0.4 is 21.2 Å². The first kappa shape index (κ1) is 31.8. The summed E-state index contributed by atoms with van der Waals surface area (Å²) in [6.45, 7) is -1.45. The zero-order valence-electron chi connectivity index (χ0n) is 25.0. The van der Waals surface area contributed by atoms with Crippen molar-refractivity contribution in [2.24, 2.45) is 0 Å². The Labute approximate surface area is 269 Å². The molecule has 5 rings (SSSR count). The molecule has 0 saturated carbocycles. The van der Waals surface area contributed by atoms with Crippen LogP contribution in [0.3, 0.4) is 0 Å². The molecule has 1 atom stereocenters. The lowest BCUT2D eigenvalue weighted by Gasteiger charge is -2.45. The summed E-state index contributed by atoms with van der Waals surface area (Å²) in [6.07, 6.45) is 4.59. The van der Waals surface area contributed by atoms with Crippen molar-refractivity contribution in [3.05, 3.63) is 139 Å². The number of β-lactam (4-membered cyclic amide) rings is 1. The Balaban J connectivity index is 1.70. The van der Waals surface area contributed by atoms with Crippen molar-refractivity contribution in [2.45, 2.75) is 38.8 Å². The number of likely N-dealkylation sites (tertiary alicyclic amines) is 1. The smallest absolute Gasteiger partial charge is 0.356 e. The number of allylic oxidation sites excluding steroid dienone is 1. The molecule has 8 heteroatoms. The fourth-order valence-corrected chi connectivity index (χ4v) is 10.2. The second kappa shape index (κ2) is 14.9. The third-order valence-corrected chi connectivity index (χ3v) is 12.3. The van der Waals surface area contributed by atoms with Crippen molar-refractivity contribution in [3.63, 3.8) is 0 Å². The molecule has 4 aromatic carbocycles. The van der Waals surface area contributed by atoms with Gasteiger partial charge in [0.25, 0.3) is 0 Å². The number of rotatable bonds is 12. The van der Waals surface area contributed by atoms with Gasteiger partial charge in [-0.15, -0.1) is 0 Å². The van der Waals surface area contributed by atoms with E-state index in [0.29, 0.717) is 29.5 Å². The average molecular weight is 635 g/mol. The molecule has 228 valence electrons. The number of esters is 1. The van der Waals surface area contributed by atoms with Crippen LogP contribution in [0.1, 0.15) is 31.7 Å². The third-order valence-electron chi connectivity index (χ3n) is 7.70. The molecule has 6 nitrogen and oxygen atoms in total. The van der Waals surface area contributed by atoms with Crippen molar-refractivity contribution in [1.29, 1.82) is 0 Å². The highest BCUT2D eigenvalue weighted by Crippen LogP contribution is 2.49. The Kier molecular flexibility index (Phi) is 10.6. The van der Waals surface area contributed by atoms with Crippen molar-refractivity contribution < 1.29 is 19.1 Å². The van der Waals surface area contributed by atoms with Gasteiger partial charge in [0.2, 0.25) is 11.8 Å². The normalized spacial score (nSPS) is 14.5. The summed E-state index contributed by atoms with van der Waals surface area (Å²) in [6, 6.07) is 39.2. The number of thiocarbonyl (C=S) groups is 1. The summed E-state index contributed by atoms with van der Waals surface area (Å²) in [5, 5.41) is 5.45. The van der Waals surface area contributed by atoms with Gasteiger partial charge in [0, 0.05) is 37.3 Å². The first-order valence-electron chi connectivity index (χ1n) is 14.8. The van der Waals surface area contributed by atoms with Gasteiger partial charge in [0.05, 0.1) is 0 Å². The summed E-state index contributed by atoms with van der Waals surface area (Å²) in [5.41, 5.74) is 1.22. The van der Waals surface area contributed by atoms with E-state index in [-0.39, 0.29) is 24.5 Å². The largest absolute Gasteiger partial charge is 0.456 e. The van der Waals surface area contributed by atoms with Crippen LogP contribution in [0.4, 0.5) is 0 Å². The number of carbonyl (C=O) groups is 3. The molecule has 1 fully saturated rings. The van der Waals surface area contributed by atoms with E-state index in [0.717, 1.165) is 21.5 Å². The zero-order chi connectivity index (χ0) is 31.6. The van der Waals surface area contributed by atoms with Gasteiger partial charge < -0.3 is 15.0 Å². The number of hydrogen-bond acceptors (Lipinski definition) is 5. The first-order valence-corrected chi connectivity index (χ1v) is 17.0. The molecule has 1 aliphatic rings. The lowest BCUT2D eigenvalue weighted by Crippen LogP contribution is -2.59. The molecule has 1 N–H and O–H groups in total. The van der Waals surface area contributed by atoms with Gasteiger partial charge >= 0.3 is 5.97 Å². The second-order valence-electron chi connectivity index (χ2n) is 10.7. The predicted octanol–water partition coefficient (Wildman–Crippen LogP) is 5.25. The average Bonchev–Trinajstić information content (AvgIpc) is 3.07. The van der Waals surface area contributed by atoms with Crippen LogP contribution in [0.15, 0.2) is 134 Å². The number of nitrogens with zero attached hydrogens (tertiary/aromatic N) is 1. The van der Waals surface area contributed by atoms with Gasteiger partial charge in [-0.25, -0.2) is 4.79 Å². The van der Waals surface area contributed by atoms with E-state index < -0.39 is 12.9 Å². The Morgan fingerprint density at radius 1 is 0.844 bits per heavy atom. The van der Waals surface area contributed by atoms with Gasteiger partial charge in [0.15, 0.2) is 0 Å². The first-order chi connectivity index (χ1) is 21.9. The maximum atomic E-state index is 14.6. The van der Waals surface area contributed by atoms with Gasteiger partial charge in [-0.2, -0.15) is 0 Å². The van der Waals surface area contributed by atoms with Gasteiger partial charge in [-0.1, -0.05) is 134 Å². The van der Waals surface area contributed by atoms with Crippen LogP contribution in [0.5, 0.6) is 0 Å². The molecule has 2 amide bonds. The quantitative estimate of drug-likeness (QED) is 0.0758. The lowest BCUT2D eigenvalue weighted by atomic mass is 9.96. The molecular formula is C37H35N2O4PS. The summed E-state index contributed by atoms with van der Waals surface area (Å²) in [5.74, 6) is -0.824. The summed E-state index contributed by atoms with van der Waals surface area (Å²) < 4.78 is 6.10. The highest BCUT2D eigenvalue weighted by molar-refractivity contribution is 7.96. The highest BCUT2D eigenvalue weighted by Gasteiger charge is 2.46. The maximum Gasteiger partial charge on any atom is 0.356 e. The van der Waals surface area contributed by atoms with Crippen molar-refractivity contribution >= 4 is 63.1 Å². The van der Waals surface area contributed by atoms with Gasteiger partial charge in [0.1, 0.15) is 12.0 Å².